The topological polar surface area (TPSA) is 74.7 Å². The zero-order valence-corrected chi connectivity index (χ0v) is 13.5. The number of piperazine rings is 1. The Labute approximate surface area is 140 Å². The van der Waals surface area contributed by atoms with Crippen molar-refractivity contribution in [2.45, 2.75) is 24.9 Å². The number of rotatable bonds is 3. The zero-order chi connectivity index (χ0) is 15.9. The molecule has 5 rings (SSSR count). The molecule has 0 spiro atoms. The minimum atomic E-state index is 0.516. The molecule has 7 heteroatoms. The maximum Gasteiger partial charge on any atom is 0.141 e. The van der Waals surface area contributed by atoms with E-state index < -0.39 is 0 Å². The van der Waals surface area contributed by atoms with E-state index in [0.717, 1.165) is 41.4 Å². The molecule has 7 nitrogen and oxygen atoms in total. The predicted octanol–water partition coefficient (Wildman–Crippen LogP) is 1.43. The molecule has 3 aromatic heterocycles. The number of nitrogens with one attached hydrogen (secondary N) is 2. The molecule has 4 heterocycles. The molecule has 0 amide bonds. The highest BCUT2D eigenvalue weighted by atomic mass is 15.3. The van der Waals surface area contributed by atoms with Gasteiger partial charge < -0.3 is 10.3 Å². The summed E-state index contributed by atoms with van der Waals surface area (Å²) in [6, 6.07) is 3.26. The van der Waals surface area contributed by atoms with E-state index in [1.807, 2.05) is 18.5 Å². The van der Waals surface area contributed by atoms with Gasteiger partial charge in [-0.05, 0) is 18.9 Å². The Morgan fingerprint density at radius 2 is 1.96 bits per heavy atom. The summed E-state index contributed by atoms with van der Waals surface area (Å²) in [6.07, 6.45) is 9.96. The van der Waals surface area contributed by atoms with Gasteiger partial charge in [0, 0.05) is 55.6 Å². The van der Waals surface area contributed by atoms with Crippen molar-refractivity contribution in [3.63, 3.8) is 0 Å². The summed E-state index contributed by atoms with van der Waals surface area (Å²) in [5, 5.41) is 9.07. The Morgan fingerprint density at radius 3 is 2.83 bits per heavy atom. The third-order valence-electron chi connectivity index (χ3n) is 5.36. The highest BCUT2D eigenvalue weighted by molar-refractivity contribution is 5.89. The molecule has 0 atom stereocenters. The second-order valence-electron chi connectivity index (χ2n) is 6.74. The van der Waals surface area contributed by atoms with Gasteiger partial charge in [-0.1, -0.05) is 0 Å². The van der Waals surface area contributed by atoms with Crippen molar-refractivity contribution < 1.29 is 0 Å². The van der Waals surface area contributed by atoms with E-state index in [2.05, 4.69) is 41.1 Å². The van der Waals surface area contributed by atoms with Crippen molar-refractivity contribution in [2.75, 3.05) is 26.2 Å². The van der Waals surface area contributed by atoms with Crippen LogP contribution in [-0.4, -0.2) is 61.9 Å². The number of fused-ring (bicyclic) bond motifs is 1. The van der Waals surface area contributed by atoms with Crippen LogP contribution in [0.5, 0.6) is 0 Å². The Bertz CT molecular complexity index is 839. The van der Waals surface area contributed by atoms with E-state index in [9.17, 15) is 0 Å². The molecule has 2 aliphatic rings. The molecule has 0 unspecified atom stereocenters. The molecular weight excluding hydrogens is 302 g/mol. The van der Waals surface area contributed by atoms with Crippen LogP contribution in [0.4, 0.5) is 0 Å². The lowest BCUT2D eigenvalue weighted by atomic mass is 9.85. The van der Waals surface area contributed by atoms with Gasteiger partial charge in [-0.2, -0.15) is 5.10 Å². The quantitative estimate of drug-likeness (QED) is 0.763. The third-order valence-corrected chi connectivity index (χ3v) is 5.36. The Morgan fingerprint density at radius 1 is 1.08 bits per heavy atom. The van der Waals surface area contributed by atoms with Crippen molar-refractivity contribution in [1.29, 1.82) is 0 Å². The van der Waals surface area contributed by atoms with Gasteiger partial charge in [0.25, 0.3) is 0 Å². The van der Waals surface area contributed by atoms with Crippen LogP contribution >= 0.6 is 0 Å². The first-order chi connectivity index (χ1) is 11.9. The van der Waals surface area contributed by atoms with E-state index in [0.29, 0.717) is 6.04 Å². The van der Waals surface area contributed by atoms with Crippen LogP contribution in [0, 0.1) is 0 Å². The van der Waals surface area contributed by atoms with Gasteiger partial charge in [-0.15, -0.1) is 0 Å². The van der Waals surface area contributed by atoms with E-state index in [-0.39, 0.29) is 0 Å². The summed E-state index contributed by atoms with van der Waals surface area (Å²) in [5.74, 6) is 0. The van der Waals surface area contributed by atoms with Gasteiger partial charge in [-0.3, -0.25) is 9.58 Å². The van der Waals surface area contributed by atoms with Gasteiger partial charge in [0.2, 0.25) is 0 Å². The van der Waals surface area contributed by atoms with Crippen LogP contribution < -0.4 is 5.32 Å². The maximum absolute atomic E-state index is 4.60. The van der Waals surface area contributed by atoms with E-state index in [1.165, 1.54) is 25.9 Å². The Kier molecular flexibility index (Phi) is 3.34. The van der Waals surface area contributed by atoms with E-state index in [1.54, 1.807) is 6.33 Å². The number of aromatic amines is 1. The molecule has 1 saturated heterocycles. The first kappa shape index (κ1) is 14.1. The predicted molar refractivity (Wildman–Crippen MR) is 91.6 cm³/mol. The monoisotopic (exact) mass is 323 g/mol. The summed E-state index contributed by atoms with van der Waals surface area (Å²) in [5.41, 5.74) is 2.88. The molecule has 24 heavy (non-hydrogen) atoms. The molecule has 124 valence electrons. The van der Waals surface area contributed by atoms with Gasteiger partial charge in [0.15, 0.2) is 0 Å². The zero-order valence-electron chi connectivity index (χ0n) is 13.5. The molecule has 3 aromatic rings. The largest absolute Gasteiger partial charge is 0.346 e. The summed E-state index contributed by atoms with van der Waals surface area (Å²) >= 11 is 0. The molecule has 0 aromatic carbocycles. The second-order valence-corrected chi connectivity index (χ2v) is 6.74. The van der Waals surface area contributed by atoms with Crippen LogP contribution in [0.2, 0.25) is 0 Å². The van der Waals surface area contributed by atoms with Crippen LogP contribution in [0.1, 0.15) is 18.9 Å². The number of hydrogen-bond acceptors (Lipinski definition) is 5. The normalized spacial score (nSPS) is 25.0. The summed E-state index contributed by atoms with van der Waals surface area (Å²) in [6.45, 7) is 4.59. The fourth-order valence-corrected chi connectivity index (χ4v) is 3.88. The average Bonchev–Trinajstić information content (AvgIpc) is 3.23. The fraction of sp³-hybridized carbons (Fsp3) is 0.471. The molecule has 0 bridgehead atoms. The van der Waals surface area contributed by atoms with Gasteiger partial charge in [-0.25, -0.2) is 9.97 Å². The second kappa shape index (κ2) is 5.68. The number of hydrogen-bond donors (Lipinski definition) is 2. The first-order valence-electron chi connectivity index (χ1n) is 8.66. The van der Waals surface area contributed by atoms with Crippen LogP contribution in [0.25, 0.3) is 22.3 Å². The molecule has 2 N–H and O–H groups in total. The fourth-order valence-electron chi connectivity index (χ4n) is 3.88. The maximum atomic E-state index is 4.60. The number of H-pyrrole nitrogens is 1. The highest BCUT2D eigenvalue weighted by Gasteiger charge is 2.35. The number of nitrogens with zero attached hydrogens (tertiary/aromatic N) is 5. The SMILES string of the molecule is c1nc(-c2cnn(C3CC(N4CCNCC4)C3)c2)c2cc[nH]c2n1. The van der Waals surface area contributed by atoms with Crippen molar-refractivity contribution in [3.05, 3.63) is 31.0 Å². The minimum absolute atomic E-state index is 0.516. The molecule has 2 fully saturated rings. The lowest BCUT2D eigenvalue weighted by Crippen LogP contribution is -2.53. The van der Waals surface area contributed by atoms with Gasteiger partial charge >= 0.3 is 0 Å². The van der Waals surface area contributed by atoms with E-state index in [4.69, 9.17) is 0 Å². The van der Waals surface area contributed by atoms with Crippen LogP contribution in [0.15, 0.2) is 31.0 Å². The number of aromatic nitrogens is 5. The van der Waals surface area contributed by atoms with Crippen molar-refractivity contribution in [3.8, 4) is 11.3 Å². The average molecular weight is 323 g/mol. The van der Waals surface area contributed by atoms with Crippen molar-refractivity contribution >= 4 is 11.0 Å². The van der Waals surface area contributed by atoms with Gasteiger partial charge in [0.05, 0.1) is 17.9 Å². The smallest absolute Gasteiger partial charge is 0.141 e. The molecular formula is C17H21N7. The first-order valence-corrected chi connectivity index (χ1v) is 8.66. The molecule has 1 aliphatic heterocycles. The van der Waals surface area contributed by atoms with Crippen LogP contribution in [0.3, 0.4) is 0 Å². The summed E-state index contributed by atoms with van der Waals surface area (Å²) in [7, 11) is 0. The van der Waals surface area contributed by atoms with Gasteiger partial charge in [0.1, 0.15) is 12.0 Å². The summed E-state index contributed by atoms with van der Waals surface area (Å²) < 4.78 is 2.12. The lowest BCUT2D eigenvalue weighted by Gasteiger charge is -2.44. The standard InChI is InChI=1S/C17H21N7/c1-2-19-17-15(1)16(20-11-21-17)12-9-22-24(10-12)14-7-13(8-14)23-5-3-18-4-6-23/h1-2,9-11,13-14,18H,3-8H2,(H,19,20,21). The van der Waals surface area contributed by atoms with Crippen molar-refractivity contribution in [2.24, 2.45) is 0 Å². The lowest BCUT2D eigenvalue weighted by molar-refractivity contribution is 0.0674. The highest BCUT2D eigenvalue weighted by Crippen LogP contribution is 2.36. The van der Waals surface area contributed by atoms with Crippen LogP contribution in [-0.2, 0) is 0 Å². The van der Waals surface area contributed by atoms with Crippen molar-refractivity contribution in [1.82, 2.24) is 34.9 Å². The van der Waals surface area contributed by atoms with E-state index >= 15 is 0 Å². The summed E-state index contributed by atoms with van der Waals surface area (Å²) in [4.78, 5) is 14.5. The third kappa shape index (κ3) is 2.32. The Balaban J connectivity index is 1.32. The molecule has 0 radical (unpaired) electrons. The molecule has 1 aliphatic carbocycles. The minimum Gasteiger partial charge on any atom is -0.346 e. The molecule has 1 saturated carbocycles. The Hall–Kier alpha value is -2.25.